The lowest BCUT2D eigenvalue weighted by Gasteiger charge is -2.30. The summed E-state index contributed by atoms with van der Waals surface area (Å²) in [5.74, 6) is 0. The second-order valence-electron chi connectivity index (χ2n) is 6.97. The number of hydrogen-bond acceptors (Lipinski definition) is 5. The number of nitrogens with two attached hydrogens (primary N) is 1. The molecule has 21 heavy (non-hydrogen) atoms. The van der Waals surface area contributed by atoms with Gasteiger partial charge in [0.05, 0.1) is 12.1 Å². The molecule has 0 radical (unpaired) electrons. The molecule has 0 saturated heterocycles. The SMILES string of the molecule is COCC(CCCN)NCC(C)(C)NC(=O)OC(C)(C)C. The van der Waals surface area contributed by atoms with Crippen molar-refractivity contribution in [3.05, 3.63) is 0 Å². The summed E-state index contributed by atoms with van der Waals surface area (Å²) in [7, 11) is 1.68. The third kappa shape index (κ3) is 11.5. The number of amides is 1. The van der Waals surface area contributed by atoms with Crippen molar-refractivity contribution in [3.8, 4) is 0 Å². The van der Waals surface area contributed by atoms with E-state index in [-0.39, 0.29) is 6.04 Å². The third-order valence-electron chi connectivity index (χ3n) is 2.80. The minimum absolute atomic E-state index is 0.235. The Bertz CT molecular complexity index is 301. The smallest absolute Gasteiger partial charge is 0.408 e. The molecule has 0 aliphatic heterocycles. The number of nitrogens with one attached hydrogen (secondary N) is 2. The molecule has 0 aromatic heterocycles. The van der Waals surface area contributed by atoms with Gasteiger partial charge >= 0.3 is 6.09 Å². The van der Waals surface area contributed by atoms with E-state index in [1.807, 2.05) is 34.6 Å². The second kappa shape index (κ2) is 9.23. The van der Waals surface area contributed by atoms with Gasteiger partial charge in [-0.1, -0.05) is 0 Å². The fourth-order valence-corrected chi connectivity index (χ4v) is 1.83. The molecule has 6 heteroatoms. The van der Waals surface area contributed by atoms with Gasteiger partial charge in [0.15, 0.2) is 0 Å². The summed E-state index contributed by atoms with van der Waals surface area (Å²) < 4.78 is 10.5. The van der Waals surface area contributed by atoms with E-state index in [1.165, 1.54) is 0 Å². The van der Waals surface area contributed by atoms with Crippen LogP contribution in [0.15, 0.2) is 0 Å². The maximum absolute atomic E-state index is 11.8. The summed E-state index contributed by atoms with van der Waals surface area (Å²) >= 11 is 0. The van der Waals surface area contributed by atoms with Gasteiger partial charge in [-0.25, -0.2) is 4.79 Å². The molecule has 1 amide bonds. The Morgan fingerprint density at radius 1 is 1.24 bits per heavy atom. The van der Waals surface area contributed by atoms with E-state index in [2.05, 4.69) is 10.6 Å². The minimum atomic E-state index is -0.493. The summed E-state index contributed by atoms with van der Waals surface area (Å²) in [5.41, 5.74) is 4.64. The van der Waals surface area contributed by atoms with Crippen LogP contribution in [-0.2, 0) is 9.47 Å². The maximum atomic E-state index is 11.8. The largest absolute Gasteiger partial charge is 0.444 e. The molecule has 0 bridgehead atoms. The third-order valence-corrected chi connectivity index (χ3v) is 2.80. The van der Waals surface area contributed by atoms with Crippen LogP contribution in [0.2, 0.25) is 0 Å². The normalized spacial score (nSPS) is 13.9. The molecule has 0 aliphatic carbocycles. The Kier molecular flexibility index (Phi) is 8.85. The highest BCUT2D eigenvalue weighted by molar-refractivity contribution is 5.68. The number of carbonyl (C=O) groups is 1. The fraction of sp³-hybridized carbons (Fsp3) is 0.933. The maximum Gasteiger partial charge on any atom is 0.408 e. The Hall–Kier alpha value is -0.850. The number of methoxy groups -OCH3 is 1. The van der Waals surface area contributed by atoms with E-state index in [9.17, 15) is 4.79 Å². The van der Waals surface area contributed by atoms with Crippen molar-refractivity contribution in [2.24, 2.45) is 5.73 Å². The minimum Gasteiger partial charge on any atom is -0.444 e. The van der Waals surface area contributed by atoms with E-state index < -0.39 is 17.2 Å². The number of carbonyl (C=O) groups excluding carboxylic acids is 1. The monoisotopic (exact) mass is 303 g/mol. The molecular formula is C15H33N3O3. The summed E-state index contributed by atoms with van der Waals surface area (Å²) in [4.78, 5) is 11.8. The van der Waals surface area contributed by atoms with Crippen LogP contribution in [0.4, 0.5) is 4.79 Å². The molecule has 0 aromatic rings. The molecule has 0 saturated carbocycles. The molecule has 126 valence electrons. The van der Waals surface area contributed by atoms with Gasteiger partial charge in [-0.05, 0) is 54.0 Å². The number of rotatable bonds is 9. The van der Waals surface area contributed by atoms with Gasteiger partial charge in [-0.2, -0.15) is 0 Å². The molecule has 0 aliphatic rings. The molecule has 6 nitrogen and oxygen atoms in total. The van der Waals surface area contributed by atoms with Gasteiger partial charge in [-0.3, -0.25) is 0 Å². The number of alkyl carbamates (subject to hydrolysis) is 1. The summed E-state index contributed by atoms with van der Waals surface area (Å²) in [6, 6.07) is 0.235. The van der Waals surface area contributed by atoms with E-state index in [1.54, 1.807) is 7.11 Å². The van der Waals surface area contributed by atoms with E-state index in [0.717, 1.165) is 12.8 Å². The van der Waals surface area contributed by atoms with Gasteiger partial charge in [0.2, 0.25) is 0 Å². The lowest BCUT2D eigenvalue weighted by Crippen LogP contribution is -2.53. The highest BCUT2D eigenvalue weighted by Gasteiger charge is 2.25. The van der Waals surface area contributed by atoms with Gasteiger partial charge < -0.3 is 25.8 Å². The summed E-state index contributed by atoms with van der Waals surface area (Å²) in [5, 5.41) is 6.29. The predicted molar refractivity (Wildman–Crippen MR) is 85.4 cm³/mol. The van der Waals surface area contributed by atoms with Gasteiger partial charge in [-0.15, -0.1) is 0 Å². The Morgan fingerprint density at radius 2 is 1.86 bits per heavy atom. The number of hydrogen-bond donors (Lipinski definition) is 3. The van der Waals surface area contributed by atoms with Crippen molar-refractivity contribution in [2.75, 3.05) is 26.8 Å². The van der Waals surface area contributed by atoms with Crippen LogP contribution in [0.5, 0.6) is 0 Å². The van der Waals surface area contributed by atoms with E-state index in [4.69, 9.17) is 15.2 Å². The van der Waals surface area contributed by atoms with Crippen molar-refractivity contribution in [1.82, 2.24) is 10.6 Å². The zero-order chi connectivity index (χ0) is 16.5. The predicted octanol–water partition coefficient (Wildman–Crippen LogP) is 1.63. The van der Waals surface area contributed by atoms with Crippen LogP contribution in [-0.4, -0.2) is 50.1 Å². The van der Waals surface area contributed by atoms with Crippen molar-refractivity contribution in [3.63, 3.8) is 0 Å². The van der Waals surface area contributed by atoms with E-state index >= 15 is 0 Å². The fourth-order valence-electron chi connectivity index (χ4n) is 1.83. The van der Waals surface area contributed by atoms with Gasteiger partial charge in [0.1, 0.15) is 5.60 Å². The number of ether oxygens (including phenoxy) is 2. The van der Waals surface area contributed by atoms with Crippen LogP contribution in [0, 0.1) is 0 Å². The summed E-state index contributed by atoms with van der Waals surface area (Å²) in [6.45, 7) is 11.4. The highest BCUT2D eigenvalue weighted by Crippen LogP contribution is 2.09. The first kappa shape index (κ1) is 20.1. The van der Waals surface area contributed by atoms with Gasteiger partial charge in [0.25, 0.3) is 0 Å². The van der Waals surface area contributed by atoms with Crippen LogP contribution in [0.25, 0.3) is 0 Å². The van der Waals surface area contributed by atoms with Crippen LogP contribution in [0.1, 0.15) is 47.5 Å². The standard InChI is InChI=1S/C15H33N3O3/c1-14(2,3)21-13(19)18-15(4,5)11-17-12(10-20-6)8-7-9-16/h12,17H,7-11,16H2,1-6H3,(H,18,19). The van der Waals surface area contributed by atoms with Crippen LogP contribution in [0.3, 0.4) is 0 Å². The molecule has 4 N–H and O–H groups in total. The first-order chi connectivity index (χ1) is 9.59. The Morgan fingerprint density at radius 3 is 2.33 bits per heavy atom. The van der Waals surface area contributed by atoms with Crippen LogP contribution < -0.4 is 16.4 Å². The summed E-state index contributed by atoms with van der Waals surface area (Å²) in [6.07, 6.45) is 1.49. The Balaban J connectivity index is 4.27. The van der Waals surface area contributed by atoms with Crippen molar-refractivity contribution in [1.29, 1.82) is 0 Å². The molecule has 1 unspecified atom stereocenters. The average molecular weight is 303 g/mol. The topological polar surface area (TPSA) is 85.6 Å². The molecule has 0 rings (SSSR count). The molecule has 0 spiro atoms. The first-order valence-electron chi connectivity index (χ1n) is 7.53. The lowest BCUT2D eigenvalue weighted by atomic mass is 10.0. The van der Waals surface area contributed by atoms with E-state index in [0.29, 0.717) is 19.7 Å². The Labute approximate surface area is 129 Å². The first-order valence-corrected chi connectivity index (χ1v) is 7.53. The van der Waals surface area contributed by atoms with Crippen molar-refractivity contribution < 1.29 is 14.3 Å². The lowest BCUT2D eigenvalue weighted by molar-refractivity contribution is 0.0468. The highest BCUT2D eigenvalue weighted by atomic mass is 16.6. The molecular weight excluding hydrogens is 270 g/mol. The molecule has 1 atom stereocenters. The zero-order valence-corrected chi connectivity index (χ0v) is 14.4. The van der Waals surface area contributed by atoms with Crippen LogP contribution >= 0.6 is 0 Å². The quantitative estimate of drug-likeness (QED) is 0.603. The molecule has 0 aromatic carbocycles. The average Bonchev–Trinajstić information content (AvgIpc) is 2.29. The second-order valence-corrected chi connectivity index (χ2v) is 6.97. The molecule has 0 fully saturated rings. The van der Waals surface area contributed by atoms with Crippen molar-refractivity contribution in [2.45, 2.75) is 64.6 Å². The van der Waals surface area contributed by atoms with Gasteiger partial charge in [0, 0.05) is 19.7 Å². The molecule has 0 heterocycles. The zero-order valence-electron chi connectivity index (χ0n) is 14.4. The van der Waals surface area contributed by atoms with Crippen molar-refractivity contribution >= 4 is 6.09 Å².